The molecule has 0 amide bonds. The number of nitrogens with one attached hydrogen (secondary N) is 2. The van der Waals surface area contributed by atoms with E-state index >= 15 is 0 Å². The molecule has 2 heterocycles. The van der Waals surface area contributed by atoms with Crippen LogP contribution in [0.15, 0.2) is 53.6 Å². The zero-order valence-electron chi connectivity index (χ0n) is 15.1. The van der Waals surface area contributed by atoms with Crippen molar-refractivity contribution in [2.75, 3.05) is 5.32 Å². The van der Waals surface area contributed by atoms with Gasteiger partial charge in [-0.25, -0.2) is 14.5 Å². The van der Waals surface area contributed by atoms with Gasteiger partial charge in [-0.05, 0) is 18.2 Å². The van der Waals surface area contributed by atoms with Crippen molar-refractivity contribution in [3.8, 4) is 5.82 Å². The monoisotopic (exact) mass is 440 g/mol. The highest BCUT2D eigenvalue weighted by atomic mass is 19.4. The molecule has 0 aliphatic carbocycles. The van der Waals surface area contributed by atoms with Crippen molar-refractivity contribution in [3.05, 3.63) is 70.4 Å². The Bertz CT molecular complexity index is 1290. The van der Waals surface area contributed by atoms with E-state index in [4.69, 9.17) is 0 Å². The summed E-state index contributed by atoms with van der Waals surface area (Å²) >= 11 is 0. The van der Waals surface area contributed by atoms with Crippen LogP contribution in [0.1, 0.15) is 11.1 Å². The molecule has 0 aliphatic heterocycles. The zero-order valence-corrected chi connectivity index (χ0v) is 15.1. The van der Waals surface area contributed by atoms with Crippen LogP contribution in [-0.4, -0.2) is 25.0 Å². The molecule has 0 fully saturated rings. The van der Waals surface area contributed by atoms with Crippen molar-refractivity contribution < 1.29 is 26.3 Å². The highest BCUT2D eigenvalue weighted by Gasteiger charge is 2.37. The van der Waals surface area contributed by atoms with Crippen LogP contribution in [0.3, 0.4) is 0 Å². The number of rotatable bonds is 3. The smallest absolute Gasteiger partial charge is 0.338 e. The van der Waals surface area contributed by atoms with Crippen molar-refractivity contribution >= 4 is 22.3 Å². The lowest BCUT2D eigenvalue weighted by Crippen LogP contribution is -2.16. The number of hydrogen-bond donors (Lipinski definition) is 2. The lowest BCUT2D eigenvalue weighted by atomic mass is 10.1. The number of aromatic amines is 1. The van der Waals surface area contributed by atoms with E-state index in [2.05, 4.69) is 25.7 Å². The predicted molar refractivity (Wildman–Crippen MR) is 97.0 cm³/mol. The Morgan fingerprint density at radius 3 is 2.03 bits per heavy atom. The third-order valence-electron chi connectivity index (χ3n) is 4.30. The SMILES string of the molecule is O=c1[nH]ncn1-c1nnc(Nc2cc(C(F)(F)F)cc(C(F)(F)F)c2)c2ccccc12. The van der Waals surface area contributed by atoms with Crippen LogP contribution in [0, 0.1) is 0 Å². The minimum atomic E-state index is -4.99. The number of benzene rings is 2. The van der Waals surface area contributed by atoms with E-state index in [1.807, 2.05) is 0 Å². The fourth-order valence-corrected chi connectivity index (χ4v) is 2.92. The summed E-state index contributed by atoms with van der Waals surface area (Å²) in [5.41, 5.74) is -4.02. The minimum Gasteiger partial charge on any atom is -0.338 e. The lowest BCUT2D eigenvalue weighted by Gasteiger charge is -2.16. The maximum absolute atomic E-state index is 13.1. The van der Waals surface area contributed by atoms with E-state index < -0.39 is 34.9 Å². The molecule has 160 valence electrons. The van der Waals surface area contributed by atoms with E-state index in [1.54, 1.807) is 18.2 Å². The van der Waals surface area contributed by atoms with Gasteiger partial charge in [0.1, 0.15) is 6.33 Å². The first-order chi connectivity index (χ1) is 14.5. The number of nitrogens with zero attached hydrogens (tertiary/aromatic N) is 4. The van der Waals surface area contributed by atoms with Gasteiger partial charge >= 0.3 is 18.0 Å². The Morgan fingerprint density at radius 2 is 1.48 bits per heavy atom. The van der Waals surface area contributed by atoms with Crippen molar-refractivity contribution in [1.82, 2.24) is 25.0 Å². The van der Waals surface area contributed by atoms with E-state index in [0.717, 1.165) is 10.9 Å². The normalized spacial score (nSPS) is 12.3. The average molecular weight is 440 g/mol. The Hall–Kier alpha value is -3.90. The third kappa shape index (κ3) is 3.93. The number of aromatic nitrogens is 5. The molecule has 0 aliphatic rings. The Kier molecular flexibility index (Phi) is 4.67. The number of anilines is 2. The molecular formula is C18H10F6N6O. The molecule has 0 bridgehead atoms. The first kappa shape index (κ1) is 20.4. The van der Waals surface area contributed by atoms with Gasteiger partial charge in [-0.1, -0.05) is 24.3 Å². The summed E-state index contributed by atoms with van der Waals surface area (Å²) in [6.07, 6.45) is -8.82. The van der Waals surface area contributed by atoms with E-state index in [-0.39, 0.29) is 17.7 Å². The van der Waals surface area contributed by atoms with Crippen LogP contribution in [0.2, 0.25) is 0 Å². The van der Waals surface area contributed by atoms with Crippen molar-refractivity contribution in [2.24, 2.45) is 0 Å². The summed E-state index contributed by atoms with van der Waals surface area (Å²) in [5, 5.41) is 16.7. The Balaban J connectivity index is 1.85. The second-order valence-electron chi connectivity index (χ2n) is 6.37. The molecule has 0 spiro atoms. The van der Waals surface area contributed by atoms with E-state index in [1.165, 1.54) is 6.07 Å². The minimum absolute atomic E-state index is 0.0311. The van der Waals surface area contributed by atoms with Crippen molar-refractivity contribution in [2.45, 2.75) is 12.4 Å². The largest absolute Gasteiger partial charge is 0.416 e. The Morgan fingerprint density at radius 1 is 0.871 bits per heavy atom. The van der Waals surface area contributed by atoms with Gasteiger partial charge in [0.25, 0.3) is 0 Å². The van der Waals surface area contributed by atoms with Gasteiger partial charge in [0, 0.05) is 16.5 Å². The maximum Gasteiger partial charge on any atom is 0.416 e. The fraction of sp³-hybridized carbons (Fsp3) is 0.111. The molecule has 0 saturated carbocycles. The standard InChI is InChI=1S/C18H10F6N6O/c19-17(20,21)9-5-10(18(22,23)24)7-11(6-9)26-14-12-3-1-2-4-13(12)15(28-27-14)30-8-25-29-16(30)31/h1-8H,(H,26,27)(H,29,31). The van der Waals surface area contributed by atoms with E-state index in [9.17, 15) is 31.1 Å². The molecule has 2 aromatic heterocycles. The molecule has 7 nitrogen and oxygen atoms in total. The molecule has 31 heavy (non-hydrogen) atoms. The molecule has 2 N–H and O–H groups in total. The second kappa shape index (κ2) is 7.11. The summed E-state index contributed by atoms with van der Waals surface area (Å²) in [5.74, 6) is -0.0109. The number of halogens is 6. The summed E-state index contributed by atoms with van der Waals surface area (Å²) in [4.78, 5) is 11.9. The second-order valence-corrected chi connectivity index (χ2v) is 6.37. The van der Waals surface area contributed by atoms with Crippen LogP contribution in [-0.2, 0) is 12.4 Å². The van der Waals surface area contributed by atoms with Crippen LogP contribution >= 0.6 is 0 Å². The molecule has 0 radical (unpaired) electrons. The quantitative estimate of drug-likeness (QED) is 0.464. The third-order valence-corrected chi connectivity index (χ3v) is 4.30. The molecule has 4 aromatic rings. The van der Waals surface area contributed by atoms with Gasteiger partial charge < -0.3 is 5.32 Å². The number of alkyl halides is 6. The van der Waals surface area contributed by atoms with Gasteiger partial charge in [0.05, 0.1) is 11.1 Å². The first-order valence-electron chi connectivity index (χ1n) is 8.48. The highest BCUT2D eigenvalue weighted by Crippen LogP contribution is 2.38. The Labute approximate surface area is 168 Å². The van der Waals surface area contributed by atoms with Crippen molar-refractivity contribution in [1.29, 1.82) is 0 Å². The maximum atomic E-state index is 13.1. The van der Waals surface area contributed by atoms with Crippen LogP contribution < -0.4 is 11.0 Å². The highest BCUT2D eigenvalue weighted by molar-refractivity contribution is 5.97. The van der Waals surface area contributed by atoms with Gasteiger partial charge in [-0.15, -0.1) is 10.2 Å². The van der Waals surface area contributed by atoms with Gasteiger partial charge in [-0.2, -0.15) is 31.4 Å². The predicted octanol–water partition coefficient (Wildman–Crippen LogP) is 4.29. The molecule has 13 heteroatoms. The van der Waals surface area contributed by atoms with Crippen LogP contribution in [0.25, 0.3) is 16.6 Å². The first-order valence-corrected chi connectivity index (χ1v) is 8.48. The fourth-order valence-electron chi connectivity index (χ4n) is 2.92. The summed E-state index contributed by atoms with van der Waals surface area (Å²) in [7, 11) is 0. The molecule has 0 unspecified atom stereocenters. The molecular weight excluding hydrogens is 430 g/mol. The van der Waals surface area contributed by atoms with Crippen LogP contribution in [0.4, 0.5) is 37.8 Å². The van der Waals surface area contributed by atoms with Gasteiger partial charge in [0.15, 0.2) is 11.6 Å². The average Bonchev–Trinajstić information content (AvgIpc) is 3.12. The summed E-state index contributed by atoms with van der Waals surface area (Å²) < 4.78 is 79.7. The summed E-state index contributed by atoms with van der Waals surface area (Å²) in [6, 6.07) is 7.42. The molecule has 0 atom stereocenters. The van der Waals surface area contributed by atoms with Gasteiger partial charge in [0.2, 0.25) is 0 Å². The summed E-state index contributed by atoms with van der Waals surface area (Å²) in [6.45, 7) is 0. The van der Waals surface area contributed by atoms with E-state index in [0.29, 0.717) is 22.9 Å². The molecule has 0 saturated heterocycles. The van der Waals surface area contributed by atoms with Crippen LogP contribution in [0.5, 0.6) is 0 Å². The molecule has 4 rings (SSSR count). The number of H-pyrrole nitrogens is 1. The zero-order chi connectivity index (χ0) is 22.4. The lowest BCUT2D eigenvalue weighted by molar-refractivity contribution is -0.143. The number of hydrogen-bond acceptors (Lipinski definition) is 5. The van der Waals surface area contributed by atoms with Crippen molar-refractivity contribution in [3.63, 3.8) is 0 Å². The molecule has 2 aromatic carbocycles. The topological polar surface area (TPSA) is 88.5 Å². The van der Waals surface area contributed by atoms with Gasteiger partial charge in [-0.3, -0.25) is 0 Å². The number of fused-ring (bicyclic) bond motifs is 1.